The van der Waals surface area contributed by atoms with Crippen molar-refractivity contribution >= 4 is 19.8 Å². The monoisotopic (exact) mass is 704 g/mol. The van der Waals surface area contributed by atoms with E-state index in [1.807, 2.05) is 0 Å². The number of unbranched alkanes of at least 4 members (excludes halogenated alkanes) is 22. The normalized spacial score (nSPS) is 13.5. The van der Waals surface area contributed by atoms with Crippen LogP contribution in [-0.2, 0) is 32.7 Å². The van der Waals surface area contributed by atoms with Crippen LogP contribution in [0.1, 0.15) is 187 Å². The van der Waals surface area contributed by atoms with Crippen LogP contribution in [0.25, 0.3) is 0 Å². The molecule has 0 aliphatic carbocycles. The van der Waals surface area contributed by atoms with Crippen LogP contribution in [-0.4, -0.2) is 49.3 Å². The molecule has 0 bridgehead atoms. The van der Waals surface area contributed by atoms with Crippen molar-refractivity contribution in [2.24, 2.45) is 5.73 Å². The Labute approximate surface area is 294 Å². The molecule has 9 nitrogen and oxygen atoms in total. The fourth-order valence-electron chi connectivity index (χ4n) is 5.45. The summed E-state index contributed by atoms with van der Waals surface area (Å²) < 4.78 is 32.7. The van der Waals surface area contributed by atoms with Gasteiger partial charge in [0.2, 0.25) is 0 Å². The molecule has 0 spiro atoms. The van der Waals surface area contributed by atoms with Gasteiger partial charge in [0.1, 0.15) is 6.61 Å². The van der Waals surface area contributed by atoms with Crippen molar-refractivity contribution in [2.45, 2.75) is 193 Å². The highest BCUT2D eigenvalue weighted by molar-refractivity contribution is 7.47. The number of carbonyl (C=O) groups excluding carboxylic acids is 2. The highest BCUT2D eigenvalue weighted by atomic mass is 31.2. The van der Waals surface area contributed by atoms with Crippen LogP contribution in [0.3, 0.4) is 0 Å². The SMILES string of the molecule is CCCCCC/C=C\CCCCCCCC(=O)OC(COC(=O)CCCCCCCCCCCCCCCC)COP(=O)(O)OCCN. The average Bonchev–Trinajstić information content (AvgIpc) is 3.07. The molecule has 0 aliphatic rings. The Morgan fingerprint density at radius 3 is 1.50 bits per heavy atom. The Bertz CT molecular complexity index is 810. The van der Waals surface area contributed by atoms with E-state index in [2.05, 4.69) is 26.0 Å². The van der Waals surface area contributed by atoms with Crippen LogP contribution in [0.4, 0.5) is 0 Å². The van der Waals surface area contributed by atoms with Gasteiger partial charge in [-0.25, -0.2) is 4.57 Å². The number of rotatable bonds is 37. The van der Waals surface area contributed by atoms with Gasteiger partial charge < -0.3 is 20.1 Å². The first-order valence-electron chi connectivity index (χ1n) is 19.7. The first-order chi connectivity index (χ1) is 23.3. The van der Waals surface area contributed by atoms with Gasteiger partial charge in [0.05, 0.1) is 13.2 Å². The molecule has 0 rings (SSSR count). The number of hydrogen-bond donors (Lipinski definition) is 2. The number of nitrogens with two attached hydrogens (primary N) is 1. The minimum Gasteiger partial charge on any atom is -0.462 e. The number of ether oxygens (including phenoxy) is 2. The molecule has 0 heterocycles. The minimum atomic E-state index is -4.37. The van der Waals surface area contributed by atoms with Gasteiger partial charge in [0, 0.05) is 19.4 Å². The van der Waals surface area contributed by atoms with Crippen molar-refractivity contribution in [1.29, 1.82) is 0 Å². The largest absolute Gasteiger partial charge is 0.472 e. The molecule has 10 heteroatoms. The van der Waals surface area contributed by atoms with E-state index >= 15 is 0 Å². The maximum Gasteiger partial charge on any atom is 0.472 e. The topological polar surface area (TPSA) is 134 Å². The third kappa shape index (κ3) is 34.6. The second-order valence-corrected chi connectivity index (χ2v) is 14.6. The molecular weight excluding hydrogens is 629 g/mol. The fourth-order valence-corrected chi connectivity index (χ4v) is 6.22. The molecule has 0 aromatic carbocycles. The van der Waals surface area contributed by atoms with Crippen molar-refractivity contribution in [1.82, 2.24) is 0 Å². The van der Waals surface area contributed by atoms with Gasteiger partial charge in [0.15, 0.2) is 6.10 Å². The van der Waals surface area contributed by atoms with Crippen molar-refractivity contribution in [2.75, 3.05) is 26.4 Å². The second kappa shape index (κ2) is 35.6. The van der Waals surface area contributed by atoms with Gasteiger partial charge >= 0.3 is 19.8 Å². The lowest BCUT2D eigenvalue weighted by Gasteiger charge is -2.19. The summed E-state index contributed by atoms with van der Waals surface area (Å²) in [7, 11) is -4.37. The zero-order chi connectivity index (χ0) is 35.4. The molecule has 0 radical (unpaired) electrons. The van der Waals surface area contributed by atoms with E-state index in [4.69, 9.17) is 24.3 Å². The van der Waals surface area contributed by atoms with E-state index in [1.54, 1.807) is 0 Å². The van der Waals surface area contributed by atoms with Gasteiger partial charge in [-0.3, -0.25) is 18.6 Å². The van der Waals surface area contributed by atoms with Crippen molar-refractivity contribution < 1.29 is 37.6 Å². The molecule has 3 N–H and O–H groups in total. The van der Waals surface area contributed by atoms with Gasteiger partial charge in [-0.05, 0) is 38.5 Å². The average molecular weight is 704 g/mol. The predicted octanol–water partition coefficient (Wildman–Crippen LogP) is 10.7. The summed E-state index contributed by atoms with van der Waals surface area (Å²) in [5, 5.41) is 0. The van der Waals surface area contributed by atoms with Gasteiger partial charge in [-0.1, -0.05) is 148 Å². The Balaban J connectivity index is 4.20. The fraction of sp³-hybridized carbons (Fsp3) is 0.895. The molecule has 0 aliphatic heterocycles. The minimum absolute atomic E-state index is 0.0546. The number of phosphoric ester groups is 1. The van der Waals surface area contributed by atoms with Crippen molar-refractivity contribution in [3.05, 3.63) is 12.2 Å². The number of hydrogen-bond acceptors (Lipinski definition) is 8. The van der Waals surface area contributed by atoms with Crippen LogP contribution >= 0.6 is 7.82 Å². The third-order valence-corrected chi connectivity index (χ3v) is 9.39. The number of allylic oxidation sites excluding steroid dienone is 2. The molecule has 0 amide bonds. The highest BCUT2D eigenvalue weighted by Crippen LogP contribution is 2.43. The summed E-state index contributed by atoms with van der Waals surface area (Å²) in [5.74, 6) is -0.832. The van der Waals surface area contributed by atoms with E-state index < -0.39 is 26.5 Å². The lowest BCUT2D eigenvalue weighted by atomic mass is 10.0. The molecule has 0 saturated carbocycles. The Kier molecular flexibility index (Phi) is 34.6. The first-order valence-corrected chi connectivity index (χ1v) is 21.2. The first kappa shape index (κ1) is 46.8. The van der Waals surface area contributed by atoms with Gasteiger partial charge in [-0.2, -0.15) is 0 Å². The summed E-state index contributed by atoms with van der Waals surface area (Å²) in [6, 6.07) is 0. The van der Waals surface area contributed by atoms with Crippen LogP contribution in [0.5, 0.6) is 0 Å². The summed E-state index contributed by atoms with van der Waals surface area (Å²) in [4.78, 5) is 34.7. The molecular formula is C38H74NO8P. The third-order valence-electron chi connectivity index (χ3n) is 8.40. The van der Waals surface area contributed by atoms with Gasteiger partial charge in [-0.15, -0.1) is 0 Å². The Morgan fingerprint density at radius 2 is 1.02 bits per heavy atom. The lowest BCUT2D eigenvalue weighted by molar-refractivity contribution is -0.161. The number of carbonyl (C=O) groups is 2. The standard InChI is InChI=1S/C38H74NO8P/c1-3-5-7-9-11-13-15-17-19-20-22-24-26-28-30-37(40)44-34-36(35-46-48(42,43)45-33-32-39)47-38(41)31-29-27-25-23-21-18-16-14-12-10-8-6-4-2/h14,16,36H,3-13,15,17-35,39H2,1-2H3,(H,42,43)/b16-14-. The quantitative estimate of drug-likeness (QED) is 0.0280. The molecule has 2 unspecified atom stereocenters. The molecule has 0 aromatic rings. The summed E-state index contributed by atoms with van der Waals surface area (Å²) in [6.07, 6.45) is 33.8. The predicted molar refractivity (Wildman–Crippen MR) is 197 cm³/mol. The number of phosphoric acid groups is 1. The van der Waals surface area contributed by atoms with Crippen LogP contribution < -0.4 is 5.73 Å². The Morgan fingerprint density at radius 1 is 0.604 bits per heavy atom. The van der Waals surface area contributed by atoms with E-state index in [0.717, 1.165) is 51.4 Å². The van der Waals surface area contributed by atoms with Crippen molar-refractivity contribution in [3.63, 3.8) is 0 Å². The molecule has 2 atom stereocenters. The smallest absolute Gasteiger partial charge is 0.462 e. The van der Waals surface area contributed by atoms with Crippen LogP contribution in [0.15, 0.2) is 12.2 Å². The van der Waals surface area contributed by atoms with E-state index in [1.165, 1.54) is 103 Å². The summed E-state index contributed by atoms with van der Waals surface area (Å²) in [6.45, 7) is 3.71. The van der Waals surface area contributed by atoms with E-state index in [0.29, 0.717) is 6.42 Å². The van der Waals surface area contributed by atoms with E-state index in [9.17, 15) is 19.0 Å². The second-order valence-electron chi connectivity index (χ2n) is 13.2. The van der Waals surface area contributed by atoms with E-state index in [-0.39, 0.29) is 38.6 Å². The zero-order valence-corrected chi connectivity index (χ0v) is 31.9. The molecule has 0 fully saturated rings. The maximum atomic E-state index is 12.5. The maximum absolute atomic E-state index is 12.5. The zero-order valence-electron chi connectivity index (χ0n) is 31.0. The van der Waals surface area contributed by atoms with Crippen LogP contribution in [0, 0.1) is 0 Å². The molecule has 0 aromatic heterocycles. The summed E-state index contributed by atoms with van der Waals surface area (Å²) >= 11 is 0. The Hall–Kier alpha value is -1.25. The highest BCUT2D eigenvalue weighted by Gasteiger charge is 2.25. The number of esters is 2. The lowest BCUT2D eigenvalue weighted by Crippen LogP contribution is -2.29. The molecule has 48 heavy (non-hydrogen) atoms. The van der Waals surface area contributed by atoms with Gasteiger partial charge in [0.25, 0.3) is 0 Å². The van der Waals surface area contributed by atoms with Crippen molar-refractivity contribution in [3.8, 4) is 0 Å². The van der Waals surface area contributed by atoms with Crippen LogP contribution in [0.2, 0.25) is 0 Å². The summed E-state index contributed by atoms with van der Waals surface area (Å²) in [5.41, 5.74) is 5.33. The molecule has 0 saturated heterocycles. The molecule has 284 valence electrons.